The van der Waals surface area contributed by atoms with E-state index in [9.17, 15) is 4.79 Å². The number of rotatable bonds is 7. The van der Waals surface area contributed by atoms with E-state index in [1.807, 2.05) is 42.5 Å². The number of halogens is 2. The molecule has 1 aliphatic heterocycles. The zero-order chi connectivity index (χ0) is 17.5. The molecule has 0 aromatic heterocycles. The molecule has 0 radical (unpaired) electrons. The van der Waals surface area contributed by atoms with Crippen LogP contribution in [0, 0.1) is 0 Å². The highest BCUT2D eigenvalue weighted by Gasteiger charge is 2.19. The summed E-state index contributed by atoms with van der Waals surface area (Å²) in [6.45, 7) is 5.00. The molecular weight excluding hydrogens is 403 g/mol. The van der Waals surface area contributed by atoms with Gasteiger partial charge in [-0.25, -0.2) is 0 Å². The summed E-state index contributed by atoms with van der Waals surface area (Å²) in [5, 5.41) is 8.98. The normalized spacial score (nSPS) is 14.9. The molecule has 0 saturated carbocycles. The summed E-state index contributed by atoms with van der Waals surface area (Å²) in [6.07, 6.45) is 0. The molecule has 1 heterocycles. The fraction of sp³-hybridized carbons (Fsp3) is 0.350. The second kappa shape index (κ2) is 12.4. The number of carbonyl (C=O) groups excluding carboxylic acids is 1. The van der Waals surface area contributed by atoms with Gasteiger partial charge in [0.05, 0.1) is 13.2 Å². The van der Waals surface area contributed by atoms with Gasteiger partial charge in [-0.1, -0.05) is 42.1 Å². The Morgan fingerprint density at radius 3 is 2.00 bits per heavy atom. The summed E-state index contributed by atoms with van der Waals surface area (Å²) in [4.78, 5) is 19.3. The molecule has 0 aliphatic carbocycles. The van der Waals surface area contributed by atoms with E-state index < -0.39 is 0 Å². The highest BCUT2D eigenvalue weighted by Crippen LogP contribution is 2.27. The van der Waals surface area contributed by atoms with E-state index in [0.717, 1.165) is 43.2 Å². The Balaban J connectivity index is 0.00000182. The summed E-state index contributed by atoms with van der Waals surface area (Å²) in [7, 11) is 0. The number of carbonyl (C=O) groups is 1. The maximum atomic E-state index is 12.5. The molecule has 3 rings (SSSR count). The average molecular weight is 429 g/mol. The summed E-state index contributed by atoms with van der Waals surface area (Å²) in [5.74, 6) is 0.173. The van der Waals surface area contributed by atoms with Crippen LogP contribution in [0.1, 0.15) is 10.4 Å². The number of nitrogens with zero attached hydrogens (tertiary/aromatic N) is 2. The van der Waals surface area contributed by atoms with E-state index in [4.69, 9.17) is 5.11 Å². The van der Waals surface area contributed by atoms with Crippen LogP contribution < -0.4 is 0 Å². The van der Waals surface area contributed by atoms with E-state index in [-0.39, 0.29) is 37.2 Å². The summed E-state index contributed by atoms with van der Waals surface area (Å²) in [5.41, 5.74) is 0.773. The highest BCUT2D eigenvalue weighted by atomic mass is 35.5. The summed E-state index contributed by atoms with van der Waals surface area (Å²) >= 11 is 1.70. The van der Waals surface area contributed by atoms with Crippen LogP contribution in [-0.2, 0) is 0 Å². The van der Waals surface area contributed by atoms with Gasteiger partial charge in [-0.3, -0.25) is 14.6 Å². The molecule has 0 amide bonds. The minimum Gasteiger partial charge on any atom is -0.395 e. The number of hydrogen-bond acceptors (Lipinski definition) is 5. The van der Waals surface area contributed by atoms with Gasteiger partial charge in [0.15, 0.2) is 5.78 Å². The first-order chi connectivity index (χ1) is 12.2. The quantitative estimate of drug-likeness (QED) is 0.683. The Hall–Kier alpha value is -1.08. The lowest BCUT2D eigenvalue weighted by atomic mass is 10.1. The van der Waals surface area contributed by atoms with Gasteiger partial charge < -0.3 is 5.11 Å². The van der Waals surface area contributed by atoms with Gasteiger partial charge in [-0.05, 0) is 24.3 Å². The van der Waals surface area contributed by atoms with Crippen LogP contribution in [0.4, 0.5) is 0 Å². The van der Waals surface area contributed by atoms with Gasteiger partial charge in [0.1, 0.15) is 0 Å². The van der Waals surface area contributed by atoms with Gasteiger partial charge in [0, 0.05) is 48.1 Å². The predicted molar refractivity (Wildman–Crippen MR) is 116 cm³/mol. The molecule has 27 heavy (non-hydrogen) atoms. The molecule has 0 unspecified atom stereocenters. The number of piperazine rings is 1. The van der Waals surface area contributed by atoms with E-state index in [1.54, 1.807) is 11.8 Å². The first-order valence-corrected chi connectivity index (χ1v) is 9.48. The Morgan fingerprint density at radius 2 is 1.41 bits per heavy atom. The van der Waals surface area contributed by atoms with Gasteiger partial charge in [0.25, 0.3) is 0 Å². The second-order valence-corrected chi connectivity index (χ2v) is 7.35. The van der Waals surface area contributed by atoms with Crippen molar-refractivity contribution < 1.29 is 9.90 Å². The third kappa shape index (κ3) is 7.45. The van der Waals surface area contributed by atoms with Crippen LogP contribution >= 0.6 is 36.6 Å². The van der Waals surface area contributed by atoms with E-state index in [0.29, 0.717) is 6.54 Å². The number of Topliss-reactive ketones (excluding diaryl/α,β-unsaturated/α-hetero) is 1. The largest absolute Gasteiger partial charge is 0.395 e. The zero-order valence-corrected chi connectivity index (χ0v) is 17.6. The minimum absolute atomic E-state index is 0. The van der Waals surface area contributed by atoms with Gasteiger partial charge >= 0.3 is 0 Å². The van der Waals surface area contributed by atoms with Gasteiger partial charge in [0.2, 0.25) is 0 Å². The number of hydrogen-bond donors (Lipinski definition) is 1. The van der Waals surface area contributed by atoms with Crippen molar-refractivity contribution in [1.82, 2.24) is 9.80 Å². The standard InChI is InChI=1S/C20H24N2O2S.2ClH/c23-15-14-21-10-12-22(13-11-21)16-20(24)17-6-8-19(9-7-17)25-18-4-2-1-3-5-18;;/h1-9,23H,10-16H2;2*1H. The summed E-state index contributed by atoms with van der Waals surface area (Å²) in [6, 6.07) is 18.1. The van der Waals surface area contributed by atoms with Crippen LogP contribution in [0.5, 0.6) is 0 Å². The van der Waals surface area contributed by atoms with Gasteiger partial charge in [-0.2, -0.15) is 0 Å². The third-order valence-electron chi connectivity index (χ3n) is 4.40. The topological polar surface area (TPSA) is 43.8 Å². The van der Waals surface area contributed by atoms with Crippen molar-refractivity contribution in [3.63, 3.8) is 0 Å². The Labute approximate surface area is 177 Å². The molecular formula is C20H26Cl2N2O2S. The molecule has 1 aliphatic rings. The number of ketones is 1. The van der Waals surface area contributed by atoms with Crippen molar-refractivity contribution in [3.05, 3.63) is 60.2 Å². The molecule has 1 N–H and O–H groups in total. The van der Waals surface area contributed by atoms with E-state index >= 15 is 0 Å². The maximum Gasteiger partial charge on any atom is 0.176 e. The van der Waals surface area contributed by atoms with Crippen molar-refractivity contribution in [2.75, 3.05) is 45.9 Å². The van der Waals surface area contributed by atoms with E-state index in [2.05, 4.69) is 21.9 Å². The lowest BCUT2D eigenvalue weighted by molar-refractivity contribution is 0.0822. The minimum atomic E-state index is 0. The Kier molecular flexibility index (Phi) is 11.0. The average Bonchev–Trinajstić information content (AvgIpc) is 2.65. The smallest absolute Gasteiger partial charge is 0.176 e. The van der Waals surface area contributed by atoms with Crippen molar-refractivity contribution in [2.24, 2.45) is 0 Å². The van der Waals surface area contributed by atoms with Gasteiger partial charge in [-0.15, -0.1) is 24.8 Å². The maximum absolute atomic E-state index is 12.5. The Bertz CT molecular complexity index is 678. The first-order valence-electron chi connectivity index (χ1n) is 8.66. The van der Waals surface area contributed by atoms with Crippen molar-refractivity contribution in [3.8, 4) is 0 Å². The molecule has 0 spiro atoms. The number of aliphatic hydroxyl groups excluding tert-OH is 1. The van der Waals surface area contributed by atoms with Crippen LogP contribution in [0.15, 0.2) is 64.4 Å². The fourth-order valence-electron chi connectivity index (χ4n) is 2.94. The molecule has 7 heteroatoms. The summed E-state index contributed by atoms with van der Waals surface area (Å²) < 4.78 is 0. The lowest BCUT2D eigenvalue weighted by Crippen LogP contribution is -2.48. The van der Waals surface area contributed by atoms with Crippen molar-refractivity contribution in [1.29, 1.82) is 0 Å². The molecule has 0 bridgehead atoms. The van der Waals surface area contributed by atoms with Crippen molar-refractivity contribution >= 4 is 42.4 Å². The third-order valence-corrected chi connectivity index (χ3v) is 5.42. The first kappa shape index (κ1) is 24.0. The number of benzene rings is 2. The van der Waals surface area contributed by atoms with Crippen LogP contribution in [-0.4, -0.2) is 66.6 Å². The van der Waals surface area contributed by atoms with Crippen LogP contribution in [0.25, 0.3) is 0 Å². The predicted octanol–water partition coefficient (Wildman–Crippen LogP) is 3.47. The monoisotopic (exact) mass is 428 g/mol. The molecule has 2 aromatic rings. The second-order valence-electron chi connectivity index (χ2n) is 6.20. The molecule has 1 fully saturated rings. The molecule has 4 nitrogen and oxygen atoms in total. The molecule has 0 atom stereocenters. The molecule has 2 aromatic carbocycles. The lowest BCUT2D eigenvalue weighted by Gasteiger charge is -2.33. The SMILES string of the molecule is Cl.Cl.O=C(CN1CCN(CCO)CC1)c1ccc(Sc2ccccc2)cc1. The number of aliphatic hydroxyl groups is 1. The Morgan fingerprint density at radius 1 is 0.852 bits per heavy atom. The molecule has 1 saturated heterocycles. The highest BCUT2D eigenvalue weighted by molar-refractivity contribution is 7.99. The molecule has 148 valence electrons. The van der Waals surface area contributed by atoms with Crippen LogP contribution in [0.3, 0.4) is 0 Å². The fourth-order valence-corrected chi connectivity index (χ4v) is 3.78. The van der Waals surface area contributed by atoms with E-state index in [1.165, 1.54) is 4.90 Å². The zero-order valence-electron chi connectivity index (χ0n) is 15.1. The van der Waals surface area contributed by atoms with Crippen molar-refractivity contribution in [2.45, 2.75) is 9.79 Å². The van der Waals surface area contributed by atoms with Crippen LogP contribution in [0.2, 0.25) is 0 Å². The number of β-amino-alcohol motifs (C(OH)–C–C–N with tert-alkyl or cyclic N) is 1.